The van der Waals surface area contributed by atoms with Crippen molar-refractivity contribution in [1.29, 1.82) is 0 Å². The molecule has 1 unspecified atom stereocenters. The van der Waals surface area contributed by atoms with Gasteiger partial charge in [0.25, 0.3) is 5.95 Å². The Morgan fingerprint density at radius 3 is 2.57 bits per heavy atom. The van der Waals surface area contributed by atoms with E-state index in [2.05, 4.69) is 30.7 Å². The van der Waals surface area contributed by atoms with Crippen LogP contribution < -0.4 is 10.6 Å². The number of hydrogen-bond donors (Lipinski definition) is 2. The van der Waals surface area contributed by atoms with Crippen molar-refractivity contribution in [3.05, 3.63) is 59.4 Å². The zero-order chi connectivity index (χ0) is 20.3. The summed E-state index contributed by atoms with van der Waals surface area (Å²) in [6.45, 7) is 1.76. The van der Waals surface area contributed by atoms with Gasteiger partial charge in [0, 0.05) is 23.1 Å². The molecule has 146 valence electrons. The lowest BCUT2D eigenvalue weighted by molar-refractivity contribution is -0.137. The molecule has 0 amide bonds. The first-order valence-electron chi connectivity index (χ1n) is 7.86. The standard InChI is InChI=1S/C16H13ClF3N7S/c1-9(13-23-8-24-27(13)14-21-3-2-4-22-14)25-15(28)26-12-6-10(16(18,19)20)5-11(17)7-12/h2-9H,1H3,(H2,25,26,28). The smallest absolute Gasteiger partial charge is 0.353 e. The molecule has 3 aromatic rings. The summed E-state index contributed by atoms with van der Waals surface area (Å²) in [4.78, 5) is 12.4. The van der Waals surface area contributed by atoms with Crippen LogP contribution in [0.5, 0.6) is 0 Å². The summed E-state index contributed by atoms with van der Waals surface area (Å²) in [5, 5.41) is 9.74. The van der Waals surface area contributed by atoms with Gasteiger partial charge in [-0.1, -0.05) is 11.6 Å². The number of alkyl halides is 3. The molecule has 2 N–H and O–H groups in total. The Labute approximate surface area is 168 Å². The molecule has 1 atom stereocenters. The number of halogens is 4. The van der Waals surface area contributed by atoms with Crippen LogP contribution in [0.4, 0.5) is 18.9 Å². The average Bonchev–Trinajstić information content (AvgIpc) is 3.11. The molecule has 0 saturated carbocycles. The van der Waals surface area contributed by atoms with Crippen molar-refractivity contribution < 1.29 is 13.2 Å². The monoisotopic (exact) mass is 427 g/mol. The van der Waals surface area contributed by atoms with Gasteiger partial charge < -0.3 is 10.6 Å². The van der Waals surface area contributed by atoms with Gasteiger partial charge in [0.15, 0.2) is 10.9 Å². The van der Waals surface area contributed by atoms with Gasteiger partial charge in [-0.15, -0.1) is 0 Å². The van der Waals surface area contributed by atoms with Gasteiger partial charge in [-0.25, -0.2) is 15.0 Å². The number of aromatic nitrogens is 5. The summed E-state index contributed by atoms with van der Waals surface area (Å²) in [6.07, 6.45) is -0.0480. The number of thiocarbonyl (C=S) groups is 1. The van der Waals surface area contributed by atoms with Crippen LogP contribution in [-0.4, -0.2) is 29.8 Å². The predicted molar refractivity (Wildman–Crippen MR) is 101 cm³/mol. The molecule has 0 aliphatic rings. The van der Waals surface area contributed by atoms with E-state index in [1.165, 1.54) is 17.1 Å². The van der Waals surface area contributed by atoms with E-state index in [4.69, 9.17) is 23.8 Å². The predicted octanol–water partition coefficient (Wildman–Crippen LogP) is 3.78. The number of anilines is 1. The van der Waals surface area contributed by atoms with E-state index in [1.54, 1.807) is 25.4 Å². The number of nitrogens with zero attached hydrogens (tertiary/aromatic N) is 5. The first-order chi connectivity index (χ1) is 13.2. The number of rotatable bonds is 4. The summed E-state index contributed by atoms with van der Waals surface area (Å²) in [5.74, 6) is 0.796. The Morgan fingerprint density at radius 2 is 1.89 bits per heavy atom. The molecule has 0 bridgehead atoms. The quantitative estimate of drug-likeness (QED) is 0.613. The third-order valence-electron chi connectivity index (χ3n) is 3.53. The second kappa shape index (κ2) is 8.07. The van der Waals surface area contributed by atoms with Crippen molar-refractivity contribution in [3.8, 4) is 5.95 Å². The molecular weight excluding hydrogens is 415 g/mol. The Bertz CT molecular complexity index is 978. The molecule has 12 heteroatoms. The van der Waals surface area contributed by atoms with Gasteiger partial charge in [0.05, 0.1) is 11.6 Å². The van der Waals surface area contributed by atoms with Crippen molar-refractivity contribution in [3.63, 3.8) is 0 Å². The van der Waals surface area contributed by atoms with E-state index in [0.717, 1.165) is 12.1 Å². The van der Waals surface area contributed by atoms with Crippen LogP contribution in [0.1, 0.15) is 24.4 Å². The van der Waals surface area contributed by atoms with Crippen molar-refractivity contribution in [1.82, 2.24) is 30.0 Å². The van der Waals surface area contributed by atoms with Crippen molar-refractivity contribution >= 4 is 34.6 Å². The molecule has 2 aromatic heterocycles. The van der Waals surface area contributed by atoms with E-state index in [9.17, 15) is 13.2 Å². The lowest BCUT2D eigenvalue weighted by atomic mass is 10.2. The van der Waals surface area contributed by atoms with Gasteiger partial charge in [0.1, 0.15) is 6.33 Å². The van der Waals surface area contributed by atoms with Crippen molar-refractivity contribution in [2.24, 2.45) is 0 Å². The Balaban J connectivity index is 1.73. The first kappa shape index (κ1) is 20.0. The lowest BCUT2D eigenvalue weighted by Crippen LogP contribution is -2.32. The zero-order valence-corrected chi connectivity index (χ0v) is 15.8. The molecule has 0 spiro atoms. The van der Waals surface area contributed by atoms with E-state index in [1.807, 2.05) is 0 Å². The van der Waals surface area contributed by atoms with E-state index in [-0.39, 0.29) is 15.8 Å². The maximum Gasteiger partial charge on any atom is 0.416 e. The molecule has 0 fully saturated rings. The number of benzene rings is 1. The highest BCUT2D eigenvalue weighted by atomic mass is 35.5. The van der Waals surface area contributed by atoms with Gasteiger partial charge in [-0.3, -0.25) is 0 Å². The minimum atomic E-state index is -4.52. The average molecular weight is 428 g/mol. The number of nitrogens with one attached hydrogen (secondary N) is 2. The topological polar surface area (TPSA) is 80.5 Å². The van der Waals surface area contributed by atoms with Crippen LogP contribution >= 0.6 is 23.8 Å². The molecule has 0 saturated heterocycles. The lowest BCUT2D eigenvalue weighted by Gasteiger charge is -2.17. The fourth-order valence-electron chi connectivity index (χ4n) is 2.35. The third kappa shape index (κ3) is 4.73. The fraction of sp³-hybridized carbons (Fsp3) is 0.188. The largest absolute Gasteiger partial charge is 0.416 e. The van der Waals surface area contributed by atoms with Gasteiger partial charge >= 0.3 is 6.18 Å². The summed E-state index contributed by atoms with van der Waals surface area (Å²) >= 11 is 11.0. The van der Waals surface area contributed by atoms with E-state index < -0.39 is 17.8 Å². The minimum absolute atomic E-state index is 0.0610. The van der Waals surface area contributed by atoms with Crippen LogP contribution in [0.25, 0.3) is 5.95 Å². The summed E-state index contributed by atoms with van der Waals surface area (Å²) in [5.41, 5.74) is -0.767. The molecule has 0 radical (unpaired) electrons. The molecule has 1 aromatic carbocycles. The Hall–Kier alpha value is -2.79. The van der Waals surface area contributed by atoms with Crippen molar-refractivity contribution in [2.45, 2.75) is 19.1 Å². The molecular formula is C16H13ClF3N7S. The molecule has 2 heterocycles. The Morgan fingerprint density at radius 1 is 1.18 bits per heavy atom. The SMILES string of the molecule is CC(NC(=S)Nc1cc(Cl)cc(C(F)(F)F)c1)c1ncnn1-c1ncccn1. The normalized spacial score (nSPS) is 12.5. The highest BCUT2D eigenvalue weighted by Gasteiger charge is 2.31. The maximum absolute atomic E-state index is 12.9. The maximum atomic E-state index is 12.9. The number of hydrogen-bond acceptors (Lipinski definition) is 5. The van der Waals surface area contributed by atoms with Crippen molar-refractivity contribution in [2.75, 3.05) is 5.32 Å². The van der Waals surface area contributed by atoms with E-state index in [0.29, 0.717) is 11.8 Å². The van der Waals surface area contributed by atoms with Gasteiger partial charge in [-0.2, -0.15) is 23.0 Å². The van der Waals surface area contributed by atoms with Crippen LogP contribution in [0.15, 0.2) is 43.0 Å². The highest BCUT2D eigenvalue weighted by molar-refractivity contribution is 7.80. The molecule has 28 heavy (non-hydrogen) atoms. The van der Waals surface area contributed by atoms with Gasteiger partial charge in [0.2, 0.25) is 0 Å². The van der Waals surface area contributed by atoms with E-state index >= 15 is 0 Å². The summed E-state index contributed by atoms with van der Waals surface area (Å²) in [7, 11) is 0. The first-order valence-corrected chi connectivity index (χ1v) is 8.65. The molecule has 3 rings (SSSR count). The van der Waals surface area contributed by atoms with Crippen LogP contribution in [0, 0.1) is 0 Å². The van der Waals surface area contributed by atoms with Crippen LogP contribution in [-0.2, 0) is 6.18 Å². The third-order valence-corrected chi connectivity index (χ3v) is 3.97. The summed E-state index contributed by atoms with van der Waals surface area (Å²) in [6, 6.07) is 4.34. The molecule has 0 aliphatic heterocycles. The molecule has 0 aliphatic carbocycles. The zero-order valence-electron chi connectivity index (χ0n) is 14.3. The molecule has 7 nitrogen and oxygen atoms in total. The minimum Gasteiger partial charge on any atom is -0.353 e. The summed E-state index contributed by atoms with van der Waals surface area (Å²) < 4.78 is 40.2. The van der Waals surface area contributed by atoms with Crippen LogP contribution in [0.3, 0.4) is 0 Å². The second-order valence-corrected chi connectivity index (χ2v) is 6.47. The van der Waals surface area contributed by atoms with Gasteiger partial charge in [-0.05, 0) is 43.4 Å². The highest BCUT2D eigenvalue weighted by Crippen LogP contribution is 2.33. The fourth-order valence-corrected chi connectivity index (χ4v) is 2.88. The van der Waals surface area contributed by atoms with Crippen LogP contribution in [0.2, 0.25) is 5.02 Å². The Kier molecular flexibility index (Phi) is 5.75. The second-order valence-electron chi connectivity index (χ2n) is 5.63.